The lowest BCUT2D eigenvalue weighted by Crippen LogP contribution is -2.22. The van der Waals surface area contributed by atoms with Crippen molar-refractivity contribution in [2.75, 3.05) is 19.4 Å². The Labute approximate surface area is 123 Å². The lowest BCUT2D eigenvalue weighted by atomic mass is 10.1. The van der Waals surface area contributed by atoms with E-state index in [2.05, 4.69) is 19.2 Å². The predicted octanol–water partition coefficient (Wildman–Crippen LogP) is 3.32. The molecule has 0 saturated heterocycles. The lowest BCUT2D eigenvalue weighted by Gasteiger charge is -2.17. The minimum Gasteiger partial charge on any atom is -0.383 e. The summed E-state index contributed by atoms with van der Waals surface area (Å²) in [5.41, 5.74) is 0.858. The van der Waals surface area contributed by atoms with Gasteiger partial charge in [0.1, 0.15) is 0 Å². The zero-order valence-corrected chi connectivity index (χ0v) is 13.7. The normalized spacial score (nSPS) is 13.4. The van der Waals surface area contributed by atoms with Crippen molar-refractivity contribution in [3.8, 4) is 0 Å². The Morgan fingerprint density at radius 1 is 1.25 bits per heavy atom. The lowest BCUT2D eigenvalue weighted by molar-refractivity contribution is 0.520. The number of anilines is 1. The third-order valence-electron chi connectivity index (χ3n) is 3.27. The summed E-state index contributed by atoms with van der Waals surface area (Å²) in [6.07, 6.45) is 4.74. The fraction of sp³-hybridized carbons (Fsp3) is 0.600. The molecule has 1 unspecified atom stereocenters. The monoisotopic (exact) mass is 298 g/mol. The molecule has 0 heterocycles. The molecule has 1 rings (SSSR count). The van der Waals surface area contributed by atoms with Gasteiger partial charge in [0.2, 0.25) is 10.0 Å². The fourth-order valence-electron chi connectivity index (χ4n) is 2.01. The van der Waals surface area contributed by atoms with Crippen LogP contribution in [0.15, 0.2) is 29.2 Å². The zero-order chi connectivity index (χ0) is 15.2. The first kappa shape index (κ1) is 17.0. The number of hydrogen-bond acceptors (Lipinski definition) is 3. The number of hydrogen-bond donors (Lipinski definition) is 1. The maximum atomic E-state index is 12.1. The van der Waals surface area contributed by atoms with E-state index >= 15 is 0 Å². The van der Waals surface area contributed by atoms with Crippen LogP contribution in [0.3, 0.4) is 0 Å². The molecule has 114 valence electrons. The average Bonchev–Trinajstić information content (AvgIpc) is 2.39. The van der Waals surface area contributed by atoms with E-state index in [1.165, 1.54) is 23.6 Å². The van der Waals surface area contributed by atoms with Gasteiger partial charge in [-0.3, -0.25) is 0 Å². The largest absolute Gasteiger partial charge is 0.383 e. The number of unbranched alkanes of at least 4 members (excludes halogenated alkanes) is 2. The van der Waals surface area contributed by atoms with Gasteiger partial charge in [-0.15, -0.1) is 0 Å². The van der Waals surface area contributed by atoms with E-state index in [-0.39, 0.29) is 0 Å². The first-order valence-corrected chi connectivity index (χ1v) is 8.61. The first-order chi connectivity index (χ1) is 9.37. The third kappa shape index (κ3) is 4.80. The minimum atomic E-state index is -3.36. The number of rotatable bonds is 8. The highest BCUT2D eigenvalue weighted by atomic mass is 32.2. The summed E-state index contributed by atoms with van der Waals surface area (Å²) in [7, 11) is -0.274. The number of benzene rings is 1. The Hall–Kier alpha value is -1.07. The van der Waals surface area contributed by atoms with Crippen molar-refractivity contribution in [1.82, 2.24) is 4.31 Å². The van der Waals surface area contributed by atoms with Gasteiger partial charge in [0.25, 0.3) is 0 Å². The van der Waals surface area contributed by atoms with Gasteiger partial charge in [-0.1, -0.05) is 32.3 Å². The van der Waals surface area contributed by atoms with E-state index in [0.29, 0.717) is 10.9 Å². The molecule has 0 bridgehead atoms. The molecule has 0 aliphatic carbocycles. The van der Waals surface area contributed by atoms with Crippen LogP contribution in [0.5, 0.6) is 0 Å². The molecule has 0 aliphatic rings. The number of nitrogens with one attached hydrogen (secondary N) is 1. The maximum absolute atomic E-state index is 12.1. The number of sulfonamides is 1. The van der Waals surface area contributed by atoms with Gasteiger partial charge in [-0.05, 0) is 31.5 Å². The summed E-state index contributed by atoms with van der Waals surface area (Å²) < 4.78 is 25.4. The molecule has 0 aromatic heterocycles. The maximum Gasteiger partial charge on any atom is 0.242 e. The predicted molar refractivity (Wildman–Crippen MR) is 84.5 cm³/mol. The highest BCUT2D eigenvalue weighted by Gasteiger charge is 2.17. The Morgan fingerprint density at radius 3 is 2.55 bits per heavy atom. The topological polar surface area (TPSA) is 49.4 Å². The summed E-state index contributed by atoms with van der Waals surface area (Å²) in [6, 6.07) is 7.36. The van der Waals surface area contributed by atoms with Gasteiger partial charge >= 0.3 is 0 Å². The molecule has 0 radical (unpaired) electrons. The van der Waals surface area contributed by atoms with Gasteiger partial charge in [0.15, 0.2) is 0 Å². The van der Waals surface area contributed by atoms with Crippen LogP contribution in [0.4, 0.5) is 5.69 Å². The molecule has 0 fully saturated rings. The molecular formula is C15H26N2O2S. The quantitative estimate of drug-likeness (QED) is 0.749. The molecule has 1 N–H and O–H groups in total. The second-order valence-electron chi connectivity index (χ2n) is 5.36. The smallest absolute Gasteiger partial charge is 0.242 e. The third-order valence-corrected chi connectivity index (χ3v) is 5.08. The van der Waals surface area contributed by atoms with Crippen molar-refractivity contribution in [1.29, 1.82) is 0 Å². The van der Waals surface area contributed by atoms with E-state index in [4.69, 9.17) is 0 Å². The van der Waals surface area contributed by atoms with E-state index in [1.54, 1.807) is 32.3 Å². The Morgan fingerprint density at radius 2 is 1.95 bits per heavy atom. The van der Waals surface area contributed by atoms with Crippen LogP contribution in [-0.4, -0.2) is 32.9 Å². The van der Waals surface area contributed by atoms with Crippen LogP contribution in [0.2, 0.25) is 0 Å². The Kier molecular flexibility index (Phi) is 6.49. The van der Waals surface area contributed by atoms with E-state index in [1.807, 2.05) is 6.07 Å². The fourth-order valence-corrected chi connectivity index (χ4v) is 2.96. The van der Waals surface area contributed by atoms with Gasteiger partial charge in [0.05, 0.1) is 4.90 Å². The van der Waals surface area contributed by atoms with Crippen LogP contribution in [0.1, 0.15) is 39.5 Å². The molecule has 20 heavy (non-hydrogen) atoms. The van der Waals surface area contributed by atoms with Crippen molar-refractivity contribution in [2.45, 2.75) is 50.5 Å². The van der Waals surface area contributed by atoms with Crippen LogP contribution in [0.25, 0.3) is 0 Å². The molecule has 1 aromatic carbocycles. The second-order valence-corrected chi connectivity index (χ2v) is 7.51. The summed E-state index contributed by atoms with van der Waals surface area (Å²) in [5.74, 6) is 0. The SMILES string of the molecule is CCCCCC(C)Nc1cccc(S(=O)(=O)N(C)C)c1. The van der Waals surface area contributed by atoms with E-state index in [9.17, 15) is 8.42 Å². The molecule has 0 saturated carbocycles. The summed E-state index contributed by atoms with van der Waals surface area (Å²) >= 11 is 0. The molecule has 0 aliphatic heterocycles. The van der Waals surface area contributed by atoms with Crippen LogP contribution >= 0.6 is 0 Å². The van der Waals surface area contributed by atoms with Gasteiger partial charge in [-0.25, -0.2) is 12.7 Å². The van der Waals surface area contributed by atoms with Crippen molar-refractivity contribution >= 4 is 15.7 Å². The van der Waals surface area contributed by atoms with Gasteiger partial charge in [0, 0.05) is 25.8 Å². The highest BCUT2D eigenvalue weighted by molar-refractivity contribution is 7.89. The minimum absolute atomic E-state index is 0.327. The van der Waals surface area contributed by atoms with Gasteiger partial charge < -0.3 is 5.32 Å². The molecule has 5 heteroatoms. The van der Waals surface area contributed by atoms with E-state index in [0.717, 1.165) is 12.1 Å². The summed E-state index contributed by atoms with van der Waals surface area (Å²) in [6.45, 7) is 4.32. The van der Waals surface area contributed by atoms with Crippen LogP contribution in [-0.2, 0) is 10.0 Å². The molecular weight excluding hydrogens is 272 g/mol. The number of nitrogens with zero attached hydrogens (tertiary/aromatic N) is 1. The standard InChI is InChI=1S/C15H26N2O2S/c1-5-6-7-9-13(2)16-14-10-8-11-15(12-14)20(18,19)17(3)4/h8,10-13,16H,5-7,9H2,1-4H3. The Bertz CT molecular complexity index is 512. The summed E-state index contributed by atoms with van der Waals surface area (Å²) in [4.78, 5) is 0.327. The zero-order valence-electron chi connectivity index (χ0n) is 12.9. The summed E-state index contributed by atoms with van der Waals surface area (Å²) in [5, 5.41) is 3.37. The molecule has 0 spiro atoms. The van der Waals surface area contributed by atoms with E-state index < -0.39 is 10.0 Å². The molecule has 1 atom stereocenters. The second kappa shape index (κ2) is 7.64. The van der Waals surface area contributed by atoms with Crippen molar-refractivity contribution < 1.29 is 8.42 Å². The van der Waals surface area contributed by atoms with Crippen molar-refractivity contribution in [3.63, 3.8) is 0 Å². The van der Waals surface area contributed by atoms with Crippen molar-refractivity contribution in [3.05, 3.63) is 24.3 Å². The first-order valence-electron chi connectivity index (χ1n) is 7.17. The van der Waals surface area contributed by atoms with Crippen LogP contribution in [0, 0.1) is 0 Å². The van der Waals surface area contributed by atoms with Crippen LogP contribution < -0.4 is 5.32 Å². The van der Waals surface area contributed by atoms with Gasteiger partial charge in [-0.2, -0.15) is 0 Å². The molecule has 0 amide bonds. The molecule has 4 nitrogen and oxygen atoms in total. The highest BCUT2D eigenvalue weighted by Crippen LogP contribution is 2.19. The molecule has 1 aromatic rings. The Balaban J connectivity index is 2.74. The average molecular weight is 298 g/mol. The van der Waals surface area contributed by atoms with Crippen molar-refractivity contribution in [2.24, 2.45) is 0 Å².